The van der Waals surface area contributed by atoms with Gasteiger partial charge in [-0.05, 0) is 91.1 Å². The molecule has 1 aliphatic heterocycles. The van der Waals surface area contributed by atoms with Crippen molar-refractivity contribution in [3.63, 3.8) is 0 Å². The van der Waals surface area contributed by atoms with Gasteiger partial charge in [0.05, 0.1) is 17.6 Å². The largest absolute Gasteiger partial charge is 0.445 e. The summed E-state index contributed by atoms with van der Waals surface area (Å²) >= 11 is 0. The molecule has 0 aliphatic carbocycles. The maximum Gasteiger partial charge on any atom is 0.408 e. The molecule has 1 aromatic heterocycles. The SMILES string of the molecule is CCCCCCC(=O)NC(C(=O)NC(CCCNC(N)=O)C(=O)Nc1ccc(COC(=O)NC(Cc2ccccc2)C(=O)NCc2cncc(NC(=O)c3ccc4c(c3)N=C(N)CC(C(=O)N(CCC)CCC)=C4)c2)cc1)C(C)C. The highest BCUT2D eigenvalue weighted by molar-refractivity contribution is 6.08. The van der Waals surface area contributed by atoms with Crippen molar-refractivity contribution in [2.24, 2.45) is 22.4 Å². The summed E-state index contributed by atoms with van der Waals surface area (Å²) in [6, 6.07) is 18.6. The molecule has 0 spiro atoms. The number of ether oxygens (including phenoxy) is 1. The summed E-state index contributed by atoms with van der Waals surface area (Å²) < 4.78 is 5.54. The lowest BCUT2D eigenvalue weighted by molar-refractivity contribution is -0.132. The lowest BCUT2D eigenvalue weighted by atomic mass is 10.0. The summed E-state index contributed by atoms with van der Waals surface area (Å²) in [5.41, 5.74) is 16.1. The summed E-state index contributed by atoms with van der Waals surface area (Å²) in [7, 11) is 0. The first-order valence-corrected chi connectivity index (χ1v) is 27.5. The van der Waals surface area contributed by atoms with E-state index in [0.717, 1.165) is 37.7 Å². The number of pyridine rings is 1. The van der Waals surface area contributed by atoms with E-state index in [0.29, 0.717) is 70.8 Å². The second-order valence-electron chi connectivity index (χ2n) is 20.0. The Balaban J connectivity index is 1.17. The van der Waals surface area contributed by atoms with Crippen molar-refractivity contribution < 1.29 is 43.1 Å². The van der Waals surface area contributed by atoms with Crippen LogP contribution in [0.15, 0.2) is 102 Å². The molecule has 0 saturated carbocycles. The van der Waals surface area contributed by atoms with Crippen LogP contribution in [0.4, 0.5) is 26.7 Å². The third-order valence-electron chi connectivity index (χ3n) is 12.9. The standard InChI is InChI=1S/C59H78N12O9/c1-6-9-10-14-19-51(72)70-52(38(4)5)56(76)68-47(18-15-26-63-58(61)78)55(75)65-45-24-20-40(21-25-45)37-80-59(79)69-49(30-39-16-12-11-13-17-39)54(74)64-35-41-29-46(36-62-34-41)66-53(73)43-23-22-42-31-44(33-50(60)67-48(42)32-43)57(77)71(27-7-2)28-8-3/h11-13,16-17,20-25,29,31-32,34,36,38,47,49,52H,6-10,14-15,18-19,26-28,30,33,35,37H2,1-5H3,(H2,60,67)(H,64,74)(H,65,75)(H,66,73)(H,68,76)(H,69,79)(H,70,72)(H3,61,63,78). The van der Waals surface area contributed by atoms with Crippen LogP contribution in [0.1, 0.15) is 131 Å². The molecule has 0 fully saturated rings. The van der Waals surface area contributed by atoms with Gasteiger partial charge in [0.25, 0.3) is 5.91 Å². The van der Waals surface area contributed by atoms with Gasteiger partial charge in [0.15, 0.2) is 0 Å². The van der Waals surface area contributed by atoms with Gasteiger partial charge in [-0.3, -0.25) is 33.8 Å². The molecule has 2 heterocycles. The van der Waals surface area contributed by atoms with E-state index in [9.17, 15) is 38.4 Å². The number of unbranched alkanes of at least 4 members (excludes halogenated alkanes) is 3. The summed E-state index contributed by atoms with van der Waals surface area (Å²) in [5, 5.41) is 19.3. The number of carbonyl (C=O) groups excluding carboxylic acids is 8. The molecule has 3 atom stereocenters. The molecule has 21 nitrogen and oxygen atoms in total. The van der Waals surface area contributed by atoms with Crippen LogP contribution in [-0.4, -0.2) is 101 Å². The third kappa shape index (κ3) is 20.6. The van der Waals surface area contributed by atoms with E-state index in [1.807, 2.05) is 49.1 Å². The van der Waals surface area contributed by atoms with Crippen molar-refractivity contribution in [3.8, 4) is 0 Å². The number of hydrogen-bond acceptors (Lipinski definition) is 12. The molecule has 0 saturated heterocycles. The number of urea groups is 1. The van der Waals surface area contributed by atoms with E-state index in [-0.39, 0.29) is 68.9 Å². The zero-order chi connectivity index (χ0) is 58.0. The van der Waals surface area contributed by atoms with Crippen LogP contribution >= 0.6 is 0 Å². The zero-order valence-electron chi connectivity index (χ0n) is 46.5. The van der Waals surface area contributed by atoms with Gasteiger partial charge in [0.1, 0.15) is 30.6 Å². The predicted molar refractivity (Wildman–Crippen MR) is 308 cm³/mol. The Labute approximate surface area is 468 Å². The fraction of sp³-hybridized carbons (Fsp3) is 0.424. The molecule has 0 bridgehead atoms. The monoisotopic (exact) mass is 1100 g/mol. The van der Waals surface area contributed by atoms with Crippen molar-refractivity contribution in [3.05, 3.63) is 125 Å². The molecule has 21 heteroatoms. The molecule has 11 N–H and O–H groups in total. The second kappa shape index (κ2) is 32.3. The molecule has 5 rings (SSSR count). The normalized spacial score (nSPS) is 12.9. The minimum absolute atomic E-state index is 0.00413. The Bertz CT molecular complexity index is 2820. The average molecular weight is 1100 g/mol. The first-order chi connectivity index (χ1) is 38.5. The highest BCUT2D eigenvalue weighted by atomic mass is 16.5. The van der Waals surface area contributed by atoms with E-state index >= 15 is 0 Å². The zero-order valence-corrected chi connectivity index (χ0v) is 46.5. The highest BCUT2D eigenvalue weighted by Crippen LogP contribution is 2.29. The van der Waals surface area contributed by atoms with E-state index in [2.05, 4.69) is 54.1 Å². The Morgan fingerprint density at radius 1 is 0.700 bits per heavy atom. The molecular formula is C59H78N12O9. The maximum absolute atomic E-state index is 13.8. The molecule has 0 radical (unpaired) electrons. The molecule has 1 aliphatic rings. The summed E-state index contributed by atoms with van der Waals surface area (Å²) in [5.74, 6) is -2.34. The van der Waals surface area contributed by atoms with Gasteiger partial charge in [-0.2, -0.15) is 0 Å². The number of nitrogens with one attached hydrogen (secondary N) is 7. The van der Waals surface area contributed by atoms with Gasteiger partial charge in [0, 0.05) is 74.0 Å². The lowest BCUT2D eigenvalue weighted by Gasteiger charge is -2.25. The van der Waals surface area contributed by atoms with Crippen LogP contribution in [0.5, 0.6) is 0 Å². The van der Waals surface area contributed by atoms with Gasteiger partial charge < -0.3 is 58.3 Å². The number of nitrogens with zero attached hydrogens (tertiary/aromatic N) is 3. The molecule has 9 amide bonds. The number of anilines is 2. The molecule has 4 aromatic rings. The summed E-state index contributed by atoms with van der Waals surface area (Å²) in [6.07, 6.45) is 10.3. The molecule has 3 unspecified atom stereocenters. The number of nitrogens with two attached hydrogens (primary N) is 2. The Morgan fingerprint density at radius 2 is 1.44 bits per heavy atom. The van der Waals surface area contributed by atoms with Crippen LogP contribution in [0.2, 0.25) is 0 Å². The Hall–Kier alpha value is -8.62. The topological polar surface area (TPSA) is 311 Å². The van der Waals surface area contributed by atoms with Gasteiger partial charge in [0.2, 0.25) is 29.5 Å². The number of fused-ring (bicyclic) bond motifs is 1. The number of carbonyl (C=O) groups is 8. The van der Waals surface area contributed by atoms with Crippen molar-refractivity contribution in [1.29, 1.82) is 0 Å². The minimum atomic E-state index is -1.05. The minimum Gasteiger partial charge on any atom is -0.445 e. The fourth-order valence-electron chi connectivity index (χ4n) is 8.74. The van der Waals surface area contributed by atoms with Crippen LogP contribution in [0.3, 0.4) is 0 Å². The van der Waals surface area contributed by atoms with Crippen LogP contribution in [0, 0.1) is 5.92 Å². The number of benzene rings is 3. The first-order valence-electron chi connectivity index (χ1n) is 27.5. The average Bonchev–Trinajstić information content (AvgIpc) is 3.65. The Kier molecular flexibility index (Phi) is 25.1. The van der Waals surface area contributed by atoms with E-state index < -0.39 is 53.9 Å². The number of aromatic nitrogens is 1. The quantitative estimate of drug-likeness (QED) is 0.0242. The number of primary amides is 1. The van der Waals surface area contributed by atoms with Gasteiger partial charge in [-0.15, -0.1) is 0 Å². The van der Waals surface area contributed by atoms with E-state index in [4.69, 9.17) is 16.2 Å². The van der Waals surface area contributed by atoms with Crippen LogP contribution < -0.4 is 48.7 Å². The van der Waals surface area contributed by atoms with Crippen molar-refractivity contribution in [2.75, 3.05) is 30.3 Å². The highest BCUT2D eigenvalue weighted by Gasteiger charge is 2.29. The smallest absolute Gasteiger partial charge is 0.408 e. The lowest BCUT2D eigenvalue weighted by Crippen LogP contribution is -2.54. The van der Waals surface area contributed by atoms with Crippen LogP contribution in [0.25, 0.3) is 6.08 Å². The van der Waals surface area contributed by atoms with Crippen molar-refractivity contribution in [2.45, 2.75) is 137 Å². The summed E-state index contributed by atoms with van der Waals surface area (Å²) in [6.45, 7) is 11.0. The van der Waals surface area contributed by atoms with E-state index in [1.54, 1.807) is 74.7 Å². The van der Waals surface area contributed by atoms with Gasteiger partial charge >= 0.3 is 12.1 Å². The molecular weight excluding hydrogens is 1020 g/mol. The number of alkyl carbamates (subject to hydrolysis) is 1. The number of aliphatic imine (C=N–C) groups is 1. The maximum atomic E-state index is 13.8. The van der Waals surface area contributed by atoms with Gasteiger partial charge in [-0.1, -0.05) is 102 Å². The predicted octanol–water partition coefficient (Wildman–Crippen LogP) is 6.90. The molecule has 428 valence electrons. The number of amides is 9. The number of amidine groups is 1. The first kappa shape index (κ1) is 62.2. The van der Waals surface area contributed by atoms with Gasteiger partial charge in [-0.25, -0.2) is 14.6 Å². The summed E-state index contributed by atoms with van der Waals surface area (Å²) in [4.78, 5) is 116. The van der Waals surface area contributed by atoms with E-state index in [1.165, 1.54) is 6.20 Å². The van der Waals surface area contributed by atoms with Crippen molar-refractivity contribution in [1.82, 2.24) is 36.5 Å². The van der Waals surface area contributed by atoms with Crippen molar-refractivity contribution >= 4 is 76.5 Å². The number of hydrogen-bond donors (Lipinski definition) is 9. The van der Waals surface area contributed by atoms with Crippen LogP contribution in [-0.2, 0) is 48.3 Å². The number of rotatable bonds is 30. The second-order valence-corrected chi connectivity index (χ2v) is 20.0. The fourth-order valence-corrected chi connectivity index (χ4v) is 8.74. The molecule has 80 heavy (non-hydrogen) atoms. The third-order valence-corrected chi connectivity index (χ3v) is 12.9. The molecule has 3 aromatic carbocycles. The Morgan fingerprint density at radius 3 is 2.12 bits per heavy atom.